The molecule has 0 aliphatic rings. The molecule has 0 bridgehead atoms. The smallest absolute Gasteiger partial charge is 0.249 e. The molecule has 24 heavy (non-hydrogen) atoms. The van der Waals surface area contributed by atoms with Crippen molar-refractivity contribution in [3.05, 3.63) is 60.1 Å². The monoisotopic (exact) mass is 328 g/mol. The fourth-order valence-corrected chi connectivity index (χ4v) is 2.58. The highest BCUT2D eigenvalue weighted by Crippen LogP contribution is 2.16. The van der Waals surface area contributed by atoms with Gasteiger partial charge >= 0.3 is 0 Å². The number of carbonyl (C=O) groups excluding carboxylic acids is 2. The minimum Gasteiger partial charge on any atom is -0.469 e. The number of benzene rings is 1. The van der Waals surface area contributed by atoms with E-state index in [0.29, 0.717) is 19.5 Å². The van der Waals surface area contributed by atoms with E-state index in [1.807, 2.05) is 50.2 Å². The molecule has 0 saturated carbocycles. The Kier molecular flexibility index (Phi) is 6.61. The third kappa shape index (κ3) is 4.72. The number of carbonyl (C=O) groups is 2. The van der Waals surface area contributed by atoms with Gasteiger partial charge in [-0.2, -0.15) is 0 Å². The second-order valence-corrected chi connectivity index (χ2v) is 5.50. The van der Waals surface area contributed by atoms with Gasteiger partial charge in [0, 0.05) is 25.9 Å². The molecule has 0 aliphatic heterocycles. The predicted octanol–water partition coefficient (Wildman–Crippen LogP) is 2.94. The number of hydrogen-bond acceptors (Lipinski definition) is 3. The Hall–Kier alpha value is -2.56. The number of nitrogens with zero attached hydrogens (tertiary/aromatic N) is 1. The zero-order valence-corrected chi connectivity index (χ0v) is 14.2. The number of likely N-dealkylation sites (N-methyl/N-ethyl adjacent to an activating group) is 1. The summed E-state index contributed by atoms with van der Waals surface area (Å²) in [5.74, 6) is 0.509. The summed E-state index contributed by atoms with van der Waals surface area (Å²) in [6, 6.07) is 12.3. The van der Waals surface area contributed by atoms with E-state index in [-0.39, 0.29) is 18.2 Å². The Labute approximate surface area is 142 Å². The maximum absolute atomic E-state index is 12.8. The van der Waals surface area contributed by atoms with E-state index >= 15 is 0 Å². The van der Waals surface area contributed by atoms with E-state index in [1.54, 1.807) is 17.2 Å². The predicted molar refractivity (Wildman–Crippen MR) is 92.3 cm³/mol. The van der Waals surface area contributed by atoms with Gasteiger partial charge in [-0.15, -0.1) is 0 Å². The normalized spacial score (nSPS) is 11.8. The molecule has 0 spiro atoms. The Morgan fingerprint density at radius 1 is 1.08 bits per heavy atom. The van der Waals surface area contributed by atoms with Crippen LogP contribution in [0.25, 0.3) is 0 Å². The zero-order chi connectivity index (χ0) is 17.4. The summed E-state index contributed by atoms with van der Waals surface area (Å²) in [7, 11) is 0. The molecule has 1 aromatic carbocycles. The molecule has 1 atom stereocenters. The Bertz CT molecular complexity index is 634. The average molecular weight is 328 g/mol. The highest BCUT2D eigenvalue weighted by atomic mass is 16.3. The molecule has 1 aromatic heterocycles. The van der Waals surface area contributed by atoms with Crippen molar-refractivity contribution in [1.82, 2.24) is 10.2 Å². The first-order valence-corrected chi connectivity index (χ1v) is 8.31. The van der Waals surface area contributed by atoms with Crippen LogP contribution < -0.4 is 5.32 Å². The molecule has 0 fully saturated rings. The third-order valence-corrected chi connectivity index (χ3v) is 3.94. The Balaban J connectivity index is 2.07. The second kappa shape index (κ2) is 8.91. The lowest BCUT2D eigenvalue weighted by atomic mass is 10.0. The lowest BCUT2D eigenvalue weighted by molar-refractivity contribution is -0.136. The molecule has 0 saturated heterocycles. The largest absolute Gasteiger partial charge is 0.469 e. The van der Waals surface area contributed by atoms with Crippen LogP contribution in [0.15, 0.2) is 53.1 Å². The molecule has 5 heteroatoms. The fraction of sp³-hybridized carbons (Fsp3) is 0.368. The van der Waals surface area contributed by atoms with Crippen LogP contribution in [0.5, 0.6) is 0 Å². The molecule has 1 heterocycles. The molecule has 2 rings (SSSR count). The lowest BCUT2D eigenvalue weighted by Crippen LogP contribution is -2.42. The summed E-state index contributed by atoms with van der Waals surface area (Å²) in [5, 5.41) is 2.87. The van der Waals surface area contributed by atoms with Gasteiger partial charge in [-0.1, -0.05) is 30.3 Å². The number of aryl methyl sites for hydroxylation is 1. The Morgan fingerprint density at radius 2 is 1.79 bits per heavy atom. The molecule has 0 aliphatic carbocycles. The van der Waals surface area contributed by atoms with Gasteiger partial charge in [0.2, 0.25) is 11.8 Å². The number of amides is 2. The summed E-state index contributed by atoms with van der Waals surface area (Å²) in [5.41, 5.74) is 0.792. The van der Waals surface area contributed by atoms with Gasteiger partial charge in [0.15, 0.2) is 0 Å². The first kappa shape index (κ1) is 17.8. The molecule has 128 valence electrons. The van der Waals surface area contributed by atoms with Crippen molar-refractivity contribution in [3.63, 3.8) is 0 Å². The molecule has 0 radical (unpaired) electrons. The van der Waals surface area contributed by atoms with Crippen molar-refractivity contribution in [2.75, 3.05) is 13.1 Å². The van der Waals surface area contributed by atoms with Gasteiger partial charge in [-0.05, 0) is 31.5 Å². The van der Waals surface area contributed by atoms with Gasteiger partial charge in [0.05, 0.1) is 6.26 Å². The molecule has 2 amide bonds. The van der Waals surface area contributed by atoms with Gasteiger partial charge in [-0.25, -0.2) is 0 Å². The van der Waals surface area contributed by atoms with E-state index in [9.17, 15) is 9.59 Å². The van der Waals surface area contributed by atoms with E-state index in [2.05, 4.69) is 5.32 Å². The summed E-state index contributed by atoms with van der Waals surface area (Å²) < 4.78 is 5.24. The van der Waals surface area contributed by atoms with Gasteiger partial charge in [0.1, 0.15) is 11.8 Å². The first-order valence-electron chi connectivity index (χ1n) is 8.31. The van der Waals surface area contributed by atoms with Gasteiger partial charge in [-0.3, -0.25) is 9.59 Å². The van der Waals surface area contributed by atoms with Crippen LogP contribution in [-0.4, -0.2) is 29.8 Å². The van der Waals surface area contributed by atoms with Gasteiger partial charge < -0.3 is 14.6 Å². The van der Waals surface area contributed by atoms with Crippen molar-refractivity contribution in [2.24, 2.45) is 0 Å². The molecule has 2 aromatic rings. The quantitative estimate of drug-likeness (QED) is 0.810. The van der Waals surface area contributed by atoms with Crippen LogP contribution in [0, 0.1) is 0 Å². The molecule has 5 nitrogen and oxygen atoms in total. The maximum Gasteiger partial charge on any atom is 0.249 e. The second-order valence-electron chi connectivity index (χ2n) is 5.50. The first-order chi connectivity index (χ1) is 11.7. The highest BCUT2D eigenvalue weighted by Gasteiger charge is 2.25. The Morgan fingerprint density at radius 3 is 2.38 bits per heavy atom. The molecular formula is C19H24N2O3. The van der Waals surface area contributed by atoms with E-state index in [4.69, 9.17) is 4.42 Å². The zero-order valence-electron chi connectivity index (χ0n) is 14.2. The lowest BCUT2D eigenvalue weighted by Gasteiger charge is -2.26. The van der Waals surface area contributed by atoms with Crippen molar-refractivity contribution >= 4 is 11.8 Å². The highest BCUT2D eigenvalue weighted by molar-refractivity contribution is 5.88. The van der Waals surface area contributed by atoms with Crippen LogP contribution in [0.1, 0.15) is 37.6 Å². The molecule has 1 N–H and O–H groups in total. The van der Waals surface area contributed by atoms with Gasteiger partial charge in [0.25, 0.3) is 0 Å². The number of rotatable bonds is 8. The number of nitrogens with one attached hydrogen (secondary N) is 1. The minimum atomic E-state index is -0.657. The summed E-state index contributed by atoms with van der Waals surface area (Å²) in [6.07, 6.45) is 2.38. The number of hydrogen-bond donors (Lipinski definition) is 1. The van der Waals surface area contributed by atoms with Crippen molar-refractivity contribution in [1.29, 1.82) is 0 Å². The third-order valence-electron chi connectivity index (χ3n) is 3.94. The maximum atomic E-state index is 12.8. The van der Waals surface area contributed by atoms with Crippen LogP contribution in [0.2, 0.25) is 0 Å². The van der Waals surface area contributed by atoms with Crippen LogP contribution in [-0.2, 0) is 16.0 Å². The van der Waals surface area contributed by atoms with E-state index < -0.39 is 6.04 Å². The van der Waals surface area contributed by atoms with Crippen molar-refractivity contribution < 1.29 is 14.0 Å². The number of furan rings is 1. The van der Waals surface area contributed by atoms with Crippen LogP contribution in [0.3, 0.4) is 0 Å². The van der Waals surface area contributed by atoms with Crippen molar-refractivity contribution in [3.8, 4) is 0 Å². The summed E-state index contributed by atoms with van der Waals surface area (Å²) >= 11 is 0. The minimum absolute atomic E-state index is 0.0856. The summed E-state index contributed by atoms with van der Waals surface area (Å²) in [4.78, 5) is 26.8. The fourth-order valence-electron chi connectivity index (χ4n) is 2.58. The van der Waals surface area contributed by atoms with Crippen LogP contribution >= 0.6 is 0 Å². The molecule has 0 unspecified atom stereocenters. The van der Waals surface area contributed by atoms with E-state index in [1.165, 1.54) is 0 Å². The van der Waals surface area contributed by atoms with E-state index in [0.717, 1.165) is 11.3 Å². The van der Waals surface area contributed by atoms with Crippen molar-refractivity contribution in [2.45, 2.75) is 32.7 Å². The molecular weight excluding hydrogens is 304 g/mol. The topological polar surface area (TPSA) is 62.6 Å². The average Bonchev–Trinajstić information content (AvgIpc) is 3.13. The van der Waals surface area contributed by atoms with Crippen LogP contribution in [0.4, 0.5) is 0 Å². The SMILES string of the molecule is CCN(CC)C(=O)[C@@H](NC(=O)CCc1ccco1)c1ccccc1. The summed E-state index contributed by atoms with van der Waals surface area (Å²) in [6.45, 7) is 5.09. The standard InChI is InChI=1S/C19H24N2O3/c1-3-21(4-2)19(23)18(15-9-6-5-7-10-15)20-17(22)13-12-16-11-8-14-24-16/h5-11,14,18H,3-4,12-13H2,1-2H3,(H,20,22)/t18-/m0/s1.